The minimum atomic E-state index is -1.13. The van der Waals surface area contributed by atoms with Crippen molar-refractivity contribution in [3.8, 4) is 0 Å². The van der Waals surface area contributed by atoms with Crippen LogP contribution < -0.4 is 0 Å². The van der Waals surface area contributed by atoms with E-state index in [2.05, 4.69) is 32.0 Å². The largest absolute Gasteiger partial charge is 0.240 e. The number of nitrogens with zero attached hydrogens (tertiary/aromatic N) is 2. The molecule has 0 amide bonds. The predicted molar refractivity (Wildman–Crippen MR) is 95.1 cm³/mol. The van der Waals surface area contributed by atoms with Crippen molar-refractivity contribution in [2.24, 2.45) is 0 Å². The Kier molecular flexibility index (Phi) is 3.94. The summed E-state index contributed by atoms with van der Waals surface area (Å²) in [5, 5.41) is 0.949. The van der Waals surface area contributed by atoms with Crippen LogP contribution in [0.4, 0.5) is 4.39 Å². The minimum Gasteiger partial charge on any atom is -0.240 e. The standard InChI is InChI=1S/C17H15BrClFN2S/c1-23-16-21-13-10(15(19)22-16)6-8-17(14(13)20)7-5-9-11(17)3-2-4-12(9)18/h2-4,14H,5-8H2,1H3/t14-,17?/m0/s1. The first-order chi connectivity index (χ1) is 11.1. The van der Waals surface area contributed by atoms with E-state index in [0.717, 1.165) is 41.3 Å². The average Bonchev–Trinajstić information content (AvgIpc) is 2.92. The smallest absolute Gasteiger partial charge is 0.189 e. The van der Waals surface area contributed by atoms with Crippen molar-refractivity contribution in [2.45, 2.75) is 42.4 Å². The van der Waals surface area contributed by atoms with Crippen LogP contribution >= 0.6 is 39.3 Å². The third-order valence-corrected chi connectivity index (χ3v) is 6.78. The molecule has 1 aromatic heterocycles. The lowest BCUT2D eigenvalue weighted by Gasteiger charge is -2.38. The highest BCUT2D eigenvalue weighted by Gasteiger charge is 2.50. The summed E-state index contributed by atoms with van der Waals surface area (Å²) < 4.78 is 16.7. The number of fused-ring (bicyclic) bond motifs is 3. The van der Waals surface area contributed by atoms with Gasteiger partial charge in [0, 0.05) is 15.5 Å². The number of halogens is 3. The number of aromatic nitrogens is 2. The molecule has 1 unspecified atom stereocenters. The van der Waals surface area contributed by atoms with Crippen molar-refractivity contribution in [1.29, 1.82) is 0 Å². The van der Waals surface area contributed by atoms with E-state index < -0.39 is 11.6 Å². The van der Waals surface area contributed by atoms with Crippen LogP contribution in [0, 0.1) is 0 Å². The second kappa shape index (κ2) is 5.71. The average molecular weight is 414 g/mol. The molecule has 0 N–H and O–H groups in total. The lowest BCUT2D eigenvalue weighted by atomic mass is 9.68. The molecule has 2 nitrogen and oxygen atoms in total. The van der Waals surface area contributed by atoms with Gasteiger partial charge in [-0.25, -0.2) is 14.4 Å². The summed E-state index contributed by atoms with van der Waals surface area (Å²) >= 11 is 11.3. The molecular formula is C17H15BrClFN2S. The summed E-state index contributed by atoms with van der Waals surface area (Å²) in [7, 11) is 0. The van der Waals surface area contributed by atoms with E-state index in [1.165, 1.54) is 17.3 Å². The van der Waals surface area contributed by atoms with Crippen molar-refractivity contribution in [1.82, 2.24) is 9.97 Å². The van der Waals surface area contributed by atoms with Gasteiger partial charge in [-0.2, -0.15) is 0 Å². The fourth-order valence-electron chi connectivity index (χ4n) is 4.01. The maximum atomic E-state index is 15.7. The van der Waals surface area contributed by atoms with Gasteiger partial charge in [-0.05, 0) is 49.1 Å². The molecule has 0 aliphatic heterocycles. The van der Waals surface area contributed by atoms with E-state index in [1.54, 1.807) is 0 Å². The molecule has 1 heterocycles. The van der Waals surface area contributed by atoms with E-state index in [9.17, 15) is 0 Å². The summed E-state index contributed by atoms with van der Waals surface area (Å²) in [5.74, 6) is 0. The third kappa shape index (κ3) is 2.27. The molecule has 23 heavy (non-hydrogen) atoms. The number of alkyl halides is 1. The SMILES string of the molecule is CSc1nc(Cl)c2c(n1)[C@H](F)C1(CCc3c(Br)cccc31)CC2. The fourth-order valence-corrected chi connectivity index (χ4v) is 5.26. The summed E-state index contributed by atoms with van der Waals surface area (Å²) in [5.41, 5.74) is 3.17. The van der Waals surface area contributed by atoms with E-state index in [1.807, 2.05) is 18.4 Å². The lowest BCUT2D eigenvalue weighted by molar-refractivity contribution is 0.154. The second-order valence-electron chi connectivity index (χ2n) is 6.15. The van der Waals surface area contributed by atoms with Gasteiger partial charge in [-0.3, -0.25) is 0 Å². The van der Waals surface area contributed by atoms with E-state index in [-0.39, 0.29) is 0 Å². The lowest BCUT2D eigenvalue weighted by Crippen LogP contribution is -2.35. The number of thioether (sulfide) groups is 1. The Balaban J connectivity index is 1.87. The zero-order valence-corrected chi connectivity index (χ0v) is 15.7. The number of hydrogen-bond donors (Lipinski definition) is 0. The first-order valence-electron chi connectivity index (χ1n) is 7.59. The molecule has 1 aromatic carbocycles. The zero-order valence-electron chi connectivity index (χ0n) is 12.6. The van der Waals surface area contributed by atoms with E-state index in [0.29, 0.717) is 16.0 Å². The highest BCUT2D eigenvalue weighted by Crippen LogP contribution is 2.56. The summed E-state index contributed by atoms with van der Waals surface area (Å²) in [4.78, 5) is 8.72. The van der Waals surface area contributed by atoms with Gasteiger partial charge in [0.25, 0.3) is 0 Å². The Hall–Kier alpha value is -0.650. The molecule has 0 saturated carbocycles. The van der Waals surface area contributed by atoms with Crippen LogP contribution in [0.5, 0.6) is 0 Å². The second-order valence-corrected chi connectivity index (χ2v) is 8.14. The molecule has 0 radical (unpaired) electrons. The van der Waals surface area contributed by atoms with Crippen LogP contribution in [0.1, 0.15) is 41.4 Å². The first-order valence-corrected chi connectivity index (χ1v) is 9.98. The van der Waals surface area contributed by atoms with Crippen LogP contribution in [0.15, 0.2) is 27.8 Å². The Bertz CT molecular complexity index is 800. The van der Waals surface area contributed by atoms with Gasteiger partial charge in [0.15, 0.2) is 11.3 Å². The molecule has 2 aliphatic rings. The molecule has 0 bridgehead atoms. The molecule has 120 valence electrons. The first kappa shape index (κ1) is 15.9. The van der Waals surface area contributed by atoms with Crippen LogP contribution in [0.25, 0.3) is 0 Å². The van der Waals surface area contributed by atoms with Gasteiger partial charge >= 0.3 is 0 Å². The number of rotatable bonds is 1. The maximum absolute atomic E-state index is 15.7. The van der Waals surface area contributed by atoms with Crippen molar-refractivity contribution in [2.75, 3.05) is 6.26 Å². The van der Waals surface area contributed by atoms with Crippen molar-refractivity contribution >= 4 is 39.3 Å². The number of benzene rings is 1. The van der Waals surface area contributed by atoms with Gasteiger partial charge in [0.2, 0.25) is 0 Å². The molecule has 2 aliphatic carbocycles. The quantitative estimate of drug-likeness (QED) is 0.353. The monoisotopic (exact) mass is 412 g/mol. The molecule has 2 aromatic rings. The Morgan fingerprint density at radius 1 is 1.26 bits per heavy atom. The van der Waals surface area contributed by atoms with E-state index >= 15 is 4.39 Å². The van der Waals surface area contributed by atoms with Gasteiger partial charge in [-0.1, -0.05) is 51.4 Å². The number of hydrogen-bond acceptors (Lipinski definition) is 3. The maximum Gasteiger partial charge on any atom is 0.189 e. The molecule has 0 saturated heterocycles. The molecule has 0 fully saturated rings. The minimum absolute atomic E-state index is 0.407. The van der Waals surface area contributed by atoms with Crippen LogP contribution in [0.2, 0.25) is 5.15 Å². The van der Waals surface area contributed by atoms with Crippen LogP contribution in [0.3, 0.4) is 0 Å². The molecule has 4 rings (SSSR count). The third-order valence-electron chi connectivity index (χ3n) is 5.17. The Labute approximate surface area is 152 Å². The summed E-state index contributed by atoms with van der Waals surface area (Å²) in [6.45, 7) is 0. The van der Waals surface area contributed by atoms with Gasteiger partial charge in [0.05, 0.1) is 5.69 Å². The molecule has 2 atom stereocenters. The van der Waals surface area contributed by atoms with Crippen LogP contribution in [-0.4, -0.2) is 16.2 Å². The summed E-state index contributed by atoms with van der Waals surface area (Å²) in [6, 6.07) is 6.11. The Morgan fingerprint density at radius 3 is 2.74 bits per heavy atom. The van der Waals surface area contributed by atoms with Crippen LogP contribution in [-0.2, 0) is 18.3 Å². The highest BCUT2D eigenvalue weighted by atomic mass is 79.9. The van der Waals surface area contributed by atoms with Crippen molar-refractivity contribution in [3.63, 3.8) is 0 Å². The highest BCUT2D eigenvalue weighted by molar-refractivity contribution is 9.10. The molecule has 1 spiro atoms. The van der Waals surface area contributed by atoms with E-state index in [4.69, 9.17) is 11.6 Å². The summed E-state index contributed by atoms with van der Waals surface area (Å²) in [6.07, 6.45) is 3.96. The van der Waals surface area contributed by atoms with Gasteiger partial charge in [0.1, 0.15) is 5.15 Å². The zero-order chi connectivity index (χ0) is 16.2. The Morgan fingerprint density at radius 2 is 2.00 bits per heavy atom. The van der Waals surface area contributed by atoms with Gasteiger partial charge < -0.3 is 0 Å². The van der Waals surface area contributed by atoms with Crippen molar-refractivity contribution < 1.29 is 4.39 Å². The normalized spacial score (nSPS) is 25.5. The van der Waals surface area contributed by atoms with Gasteiger partial charge in [-0.15, -0.1) is 0 Å². The van der Waals surface area contributed by atoms with Crippen molar-refractivity contribution in [3.05, 3.63) is 50.2 Å². The molecular weight excluding hydrogens is 399 g/mol. The fraction of sp³-hybridized carbons (Fsp3) is 0.412. The predicted octanol–water partition coefficient (Wildman–Crippen LogP) is 5.46. The molecule has 6 heteroatoms. The topological polar surface area (TPSA) is 25.8 Å².